The van der Waals surface area contributed by atoms with E-state index in [0.717, 1.165) is 35.3 Å². The molecule has 112 valence electrons. The number of benzene rings is 2. The number of ether oxygens (including phenoxy) is 1. The van der Waals surface area contributed by atoms with Gasteiger partial charge in [-0.15, -0.1) is 0 Å². The van der Waals surface area contributed by atoms with Crippen LogP contribution < -0.4 is 5.73 Å². The van der Waals surface area contributed by atoms with Crippen molar-refractivity contribution in [2.24, 2.45) is 5.73 Å². The summed E-state index contributed by atoms with van der Waals surface area (Å²) in [5, 5.41) is 9.59. The standard InChI is InChI=1S/C20H16N2O/c21-12-17-18(14-7-2-1-3-8-14)16-11-10-13-6-4-5-9-15(13)19(16)23-20(17)22/h1-9,18H,10-11,22H2/t18-/m0/s1. The summed E-state index contributed by atoms with van der Waals surface area (Å²) in [4.78, 5) is 0. The number of rotatable bonds is 1. The Morgan fingerprint density at radius 2 is 1.74 bits per heavy atom. The number of hydrogen-bond donors (Lipinski definition) is 1. The Hall–Kier alpha value is -2.99. The predicted octanol–water partition coefficient (Wildman–Crippen LogP) is 3.85. The molecule has 1 atom stereocenters. The Labute approximate surface area is 135 Å². The van der Waals surface area contributed by atoms with E-state index in [2.05, 4.69) is 18.2 Å². The summed E-state index contributed by atoms with van der Waals surface area (Å²) in [6, 6.07) is 20.6. The molecule has 0 amide bonds. The SMILES string of the molecule is N#CC1=C(N)OC2=C(CCc3ccccc32)[C@@H]1c1ccccc1. The van der Waals surface area contributed by atoms with Gasteiger partial charge in [-0.25, -0.2) is 0 Å². The van der Waals surface area contributed by atoms with Gasteiger partial charge in [-0.3, -0.25) is 0 Å². The van der Waals surface area contributed by atoms with E-state index in [1.807, 2.05) is 42.5 Å². The highest BCUT2D eigenvalue weighted by Crippen LogP contribution is 2.46. The number of nitrogens with zero attached hydrogens (tertiary/aromatic N) is 1. The van der Waals surface area contributed by atoms with Gasteiger partial charge in [-0.1, -0.05) is 54.6 Å². The lowest BCUT2D eigenvalue weighted by atomic mass is 9.77. The van der Waals surface area contributed by atoms with Crippen molar-refractivity contribution >= 4 is 5.76 Å². The highest BCUT2D eigenvalue weighted by molar-refractivity contribution is 5.74. The molecule has 0 saturated carbocycles. The van der Waals surface area contributed by atoms with Crippen LogP contribution in [0.3, 0.4) is 0 Å². The lowest BCUT2D eigenvalue weighted by molar-refractivity contribution is 0.350. The van der Waals surface area contributed by atoms with E-state index in [1.165, 1.54) is 5.56 Å². The Morgan fingerprint density at radius 3 is 2.52 bits per heavy atom. The average Bonchev–Trinajstić information content (AvgIpc) is 2.61. The van der Waals surface area contributed by atoms with Crippen LogP contribution >= 0.6 is 0 Å². The van der Waals surface area contributed by atoms with Crippen LogP contribution in [0.4, 0.5) is 0 Å². The van der Waals surface area contributed by atoms with Gasteiger partial charge in [0.15, 0.2) is 0 Å². The van der Waals surface area contributed by atoms with Crippen molar-refractivity contribution < 1.29 is 4.74 Å². The Balaban J connectivity index is 1.93. The fourth-order valence-electron chi connectivity index (χ4n) is 3.53. The van der Waals surface area contributed by atoms with Gasteiger partial charge in [0, 0.05) is 11.5 Å². The summed E-state index contributed by atoms with van der Waals surface area (Å²) in [6.07, 6.45) is 1.84. The number of nitriles is 1. The summed E-state index contributed by atoms with van der Waals surface area (Å²) < 4.78 is 5.89. The van der Waals surface area contributed by atoms with E-state index in [9.17, 15) is 5.26 Å². The van der Waals surface area contributed by atoms with Gasteiger partial charge in [0.1, 0.15) is 17.4 Å². The van der Waals surface area contributed by atoms with E-state index in [0.29, 0.717) is 5.57 Å². The molecule has 0 bridgehead atoms. The monoisotopic (exact) mass is 300 g/mol. The molecule has 23 heavy (non-hydrogen) atoms. The second-order valence-corrected chi connectivity index (χ2v) is 5.85. The van der Waals surface area contributed by atoms with Crippen LogP contribution in [0.1, 0.15) is 29.0 Å². The number of allylic oxidation sites excluding steroid dienone is 2. The van der Waals surface area contributed by atoms with Gasteiger partial charge in [-0.2, -0.15) is 5.26 Å². The molecule has 0 fully saturated rings. The second-order valence-electron chi connectivity index (χ2n) is 5.85. The molecule has 1 aliphatic carbocycles. The zero-order chi connectivity index (χ0) is 15.8. The van der Waals surface area contributed by atoms with Gasteiger partial charge in [0.25, 0.3) is 0 Å². The summed E-state index contributed by atoms with van der Waals surface area (Å²) in [5.41, 5.74) is 11.2. The van der Waals surface area contributed by atoms with Crippen molar-refractivity contribution in [3.05, 3.63) is 88.3 Å². The zero-order valence-corrected chi connectivity index (χ0v) is 12.6. The quantitative estimate of drug-likeness (QED) is 0.870. The highest BCUT2D eigenvalue weighted by atomic mass is 16.5. The predicted molar refractivity (Wildman–Crippen MR) is 88.8 cm³/mol. The normalized spacial score (nSPS) is 19.5. The minimum absolute atomic E-state index is 0.113. The first kappa shape index (κ1) is 13.7. The summed E-state index contributed by atoms with van der Waals surface area (Å²) in [7, 11) is 0. The molecule has 3 nitrogen and oxygen atoms in total. The Kier molecular flexibility index (Phi) is 3.17. The van der Waals surface area contributed by atoms with Crippen LogP contribution in [0.25, 0.3) is 5.76 Å². The minimum atomic E-state index is -0.113. The van der Waals surface area contributed by atoms with Crippen LogP contribution in [0.15, 0.2) is 71.6 Å². The van der Waals surface area contributed by atoms with Crippen LogP contribution in [-0.4, -0.2) is 0 Å². The maximum atomic E-state index is 9.59. The first-order valence-electron chi connectivity index (χ1n) is 7.73. The molecule has 4 rings (SSSR count). The third-order valence-electron chi connectivity index (χ3n) is 4.59. The number of nitrogens with two attached hydrogens (primary N) is 1. The second kappa shape index (κ2) is 5.33. The van der Waals surface area contributed by atoms with Gasteiger partial charge < -0.3 is 10.5 Å². The van der Waals surface area contributed by atoms with Crippen molar-refractivity contribution in [3.63, 3.8) is 0 Å². The molecule has 3 heteroatoms. The van der Waals surface area contributed by atoms with Crippen molar-refractivity contribution in [3.8, 4) is 6.07 Å². The highest BCUT2D eigenvalue weighted by Gasteiger charge is 2.35. The van der Waals surface area contributed by atoms with Gasteiger partial charge in [0.2, 0.25) is 5.88 Å². The van der Waals surface area contributed by atoms with Crippen LogP contribution in [0.2, 0.25) is 0 Å². The molecule has 1 aliphatic heterocycles. The maximum absolute atomic E-state index is 9.59. The van der Waals surface area contributed by atoms with Crippen LogP contribution in [-0.2, 0) is 11.2 Å². The lowest BCUT2D eigenvalue weighted by Gasteiger charge is -2.33. The molecule has 2 aliphatic rings. The summed E-state index contributed by atoms with van der Waals surface area (Å²) in [5.74, 6) is 0.937. The van der Waals surface area contributed by atoms with E-state index < -0.39 is 0 Å². The van der Waals surface area contributed by atoms with Crippen molar-refractivity contribution in [2.45, 2.75) is 18.8 Å². The largest absolute Gasteiger partial charge is 0.440 e. The zero-order valence-electron chi connectivity index (χ0n) is 12.6. The molecule has 2 N–H and O–H groups in total. The van der Waals surface area contributed by atoms with E-state index in [1.54, 1.807) is 0 Å². The molecule has 1 heterocycles. The van der Waals surface area contributed by atoms with Crippen molar-refractivity contribution in [1.82, 2.24) is 0 Å². The Morgan fingerprint density at radius 1 is 1.00 bits per heavy atom. The lowest BCUT2D eigenvalue weighted by Crippen LogP contribution is -2.23. The van der Waals surface area contributed by atoms with E-state index in [-0.39, 0.29) is 11.8 Å². The third-order valence-corrected chi connectivity index (χ3v) is 4.59. The third kappa shape index (κ3) is 2.11. The van der Waals surface area contributed by atoms with E-state index in [4.69, 9.17) is 10.5 Å². The fraction of sp³-hybridized carbons (Fsp3) is 0.150. The van der Waals surface area contributed by atoms with Crippen molar-refractivity contribution in [1.29, 1.82) is 5.26 Å². The fourth-order valence-corrected chi connectivity index (χ4v) is 3.53. The van der Waals surface area contributed by atoms with Crippen LogP contribution in [0, 0.1) is 11.3 Å². The Bertz CT molecular complexity index is 872. The smallest absolute Gasteiger partial charge is 0.205 e. The molecule has 0 radical (unpaired) electrons. The first-order chi connectivity index (χ1) is 11.3. The molecule has 0 aromatic heterocycles. The summed E-state index contributed by atoms with van der Waals surface area (Å²) >= 11 is 0. The molecular weight excluding hydrogens is 284 g/mol. The average molecular weight is 300 g/mol. The first-order valence-corrected chi connectivity index (χ1v) is 7.73. The number of hydrogen-bond acceptors (Lipinski definition) is 3. The topological polar surface area (TPSA) is 59.0 Å². The number of fused-ring (bicyclic) bond motifs is 2. The van der Waals surface area contributed by atoms with Gasteiger partial charge in [0.05, 0.1) is 0 Å². The van der Waals surface area contributed by atoms with Crippen LogP contribution in [0.5, 0.6) is 0 Å². The summed E-state index contributed by atoms with van der Waals surface area (Å²) in [6.45, 7) is 0. The van der Waals surface area contributed by atoms with E-state index >= 15 is 0 Å². The van der Waals surface area contributed by atoms with Gasteiger partial charge >= 0.3 is 0 Å². The molecule has 2 aromatic rings. The minimum Gasteiger partial charge on any atom is -0.440 e. The maximum Gasteiger partial charge on any atom is 0.205 e. The molecule has 2 aromatic carbocycles. The van der Waals surface area contributed by atoms with Gasteiger partial charge in [-0.05, 0) is 29.5 Å². The molecular formula is C20H16N2O. The molecule has 0 saturated heterocycles. The van der Waals surface area contributed by atoms with Crippen molar-refractivity contribution in [2.75, 3.05) is 0 Å². The molecule has 0 unspecified atom stereocenters. The number of aryl methyl sites for hydroxylation is 1. The molecule has 0 spiro atoms.